The Bertz CT molecular complexity index is 198. The van der Waals surface area contributed by atoms with Crippen LogP contribution in [0, 0.1) is 0 Å². The first-order chi connectivity index (χ1) is 7.40. The molecule has 1 fully saturated rings. The number of hydrogen-bond donors (Lipinski definition) is 3. The Morgan fingerprint density at radius 2 is 1.62 bits per heavy atom. The van der Waals surface area contributed by atoms with E-state index in [-0.39, 0.29) is 6.61 Å². The molecule has 0 aromatic rings. The van der Waals surface area contributed by atoms with Crippen molar-refractivity contribution >= 4 is 0 Å². The molecular formula is C11H24N2O3. The van der Waals surface area contributed by atoms with E-state index in [1.165, 1.54) is 0 Å². The lowest BCUT2D eigenvalue weighted by Gasteiger charge is -2.37. The predicted octanol–water partition coefficient (Wildman–Crippen LogP) is -1.27. The van der Waals surface area contributed by atoms with Crippen LogP contribution in [0.5, 0.6) is 0 Å². The molecule has 1 aliphatic heterocycles. The quantitative estimate of drug-likeness (QED) is 0.551. The smallest absolute Gasteiger partial charge is 0.0897 e. The summed E-state index contributed by atoms with van der Waals surface area (Å²) in [5.74, 6) is 0. The molecule has 3 N–H and O–H groups in total. The van der Waals surface area contributed by atoms with Crippen molar-refractivity contribution < 1.29 is 15.3 Å². The van der Waals surface area contributed by atoms with Gasteiger partial charge in [0.2, 0.25) is 0 Å². The zero-order valence-corrected chi connectivity index (χ0v) is 10.3. The van der Waals surface area contributed by atoms with Gasteiger partial charge in [-0.15, -0.1) is 0 Å². The molecule has 96 valence electrons. The van der Waals surface area contributed by atoms with Gasteiger partial charge >= 0.3 is 0 Å². The summed E-state index contributed by atoms with van der Waals surface area (Å²) in [6.45, 7) is 8.24. The van der Waals surface area contributed by atoms with Crippen molar-refractivity contribution in [1.29, 1.82) is 0 Å². The second kappa shape index (κ2) is 5.93. The van der Waals surface area contributed by atoms with Crippen LogP contribution in [-0.2, 0) is 0 Å². The van der Waals surface area contributed by atoms with Gasteiger partial charge in [0.1, 0.15) is 0 Å². The minimum absolute atomic E-state index is 0.177. The Morgan fingerprint density at radius 1 is 1.12 bits per heavy atom. The summed E-state index contributed by atoms with van der Waals surface area (Å²) in [6.07, 6.45) is -0.638. The number of aliphatic hydroxyl groups excluding tert-OH is 2. The second-order valence-electron chi connectivity index (χ2n) is 5.23. The lowest BCUT2D eigenvalue weighted by Crippen LogP contribution is -2.52. The van der Waals surface area contributed by atoms with Crippen LogP contribution in [0.1, 0.15) is 13.8 Å². The van der Waals surface area contributed by atoms with Gasteiger partial charge in [-0.2, -0.15) is 0 Å². The number of aliphatic hydroxyl groups is 3. The summed E-state index contributed by atoms with van der Waals surface area (Å²) in [7, 11) is 0. The van der Waals surface area contributed by atoms with Crippen LogP contribution >= 0.6 is 0 Å². The molecule has 0 aliphatic carbocycles. The molecule has 1 rings (SSSR count). The lowest BCUT2D eigenvalue weighted by molar-refractivity contribution is 0.00394. The Hall–Kier alpha value is -0.200. The molecule has 0 aromatic carbocycles. The van der Waals surface area contributed by atoms with Crippen molar-refractivity contribution in [2.45, 2.75) is 25.6 Å². The van der Waals surface area contributed by atoms with Crippen LogP contribution in [-0.4, -0.2) is 82.7 Å². The monoisotopic (exact) mass is 232 g/mol. The Labute approximate surface area is 97.3 Å². The van der Waals surface area contributed by atoms with Crippen molar-refractivity contribution in [3.05, 3.63) is 0 Å². The maximum Gasteiger partial charge on any atom is 0.0897 e. The third-order valence-electron chi connectivity index (χ3n) is 2.76. The number of rotatable bonds is 5. The van der Waals surface area contributed by atoms with E-state index in [1.54, 1.807) is 0 Å². The molecule has 16 heavy (non-hydrogen) atoms. The first-order valence-electron chi connectivity index (χ1n) is 5.87. The minimum Gasteiger partial charge on any atom is -0.394 e. The summed E-state index contributed by atoms with van der Waals surface area (Å²) >= 11 is 0. The Morgan fingerprint density at radius 3 is 2.06 bits per heavy atom. The molecule has 0 spiro atoms. The molecule has 1 heterocycles. The fourth-order valence-electron chi connectivity index (χ4n) is 2.03. The summed E-state index contributed by atoms with van der Waals surface area (Å²) in [5, 5.41) is 27.8. The van der Waals surface area contributed by atoms with Crippen molar-refractivity contribution in [2.75, 3.05) is 45.9 Å². The molecular weight excluding hydrogens is 208 g/mol. The molecule has 0 amide bonds. The van der Waals surface area contributed by atoms with Crippen molar-refractivity contribution in [1.82, 2.24) is 9.80 Å². The average molecular weight is 232 g/mol. The summed E-state index contributed by atoms with van der Waals surface area (Å²) in [5.41, 5.74) is -0.646. The van der Waals surface area contributed by atoms with E-state index in [0.717, 1.165) is 26.2 Å². The first-order valence-corrected chi connectivity index (χ1v) is 5.87. The highest BCUT2D eigenvalue weighted by molar-refractivity contribution is 4.78. The Kier molecular flexibility index (Phi) is 5.14. The zero-order valence-electron chi connectivity index (χ0n) is 10.3. The SMILES string of the molecule is CC(C)(O)CN1CCN(CC(O)CO)CC1. The molecule has 1 aliphatic rings. The van der Waals surface area contributed by atoms with Crippen LogP contribution in [0.4, 0.5) is 0 Å². The molecule has 1 saturated heterocycles. The number of nitrogens with zero attached hydrogens (tertiary/aromatic N) is 2. The van der Waals surface area contributed by atoms with Gasteiger partial charge in [-0.1, -0.05) is 0 Å². The van der Waals surface area contributed by atoms with E-state index >= 15 is 0 Å². The van der Waals surface area contributed by atoms with Crippen LogP contribution in [0.15, 0.2) is 0 Å². The van der Waals surface area contributed by atoms with Gasteiger partial charge in [0.15, 0.2) is 0 Å². The van der Waals surface area contributed by atoms with E-state index in [4.69, 9.17) is 5.11 Å². The van der Waals surface area contributed by atoms with Crippen molar-refractivity contribution in [3.63, 3.8) is 0 Å². The van der Waals surface area contributed by atoms with Gasteiger partial charge in [-0.3, -0.25) is 9.80 Å². The van der Waals surface area contributed by atoms with E-state index in [1.807, 2.05) is 13.8 Å². The van der Waals surface area contributed by atoms with E-state index in [0.29, 0.717) is 13.1 Å². The fourth-order valence-corrected chi connectivity index (χ4v) is 2.03. The zero-order chi connectivity index (χ0) is 12.2. The molecule has 1 atom stereocenters. The van der Waals surface area contributed by atoms with Gasteiger partial charge in [-0.25, -0.2) is 0 Å². The largest absolute Gasteiger partial charge is 0.394 e. The highest BCUT2D eigenvalue weighted by Crippen LogP contribution is 2.08. The van der Waals surface area contributed by atoms with E-state index < -0.39 is 11.7 Å². The first kappa shape index (κ1) is 13.9. The molecule has 5 nitrogen and oxygen atoms in total. The van der Waals surface area contributed by atoms with Gasteiger partial charge in [0.25, 0.3) is 0 Å². The van der Waals surface area contributed by atoms with Gasteiger partial charge < -0.3 is 15.3 Å². The Balaban J connectivity index is 2.23. The van der Waals surface area contributed by atoms with Crippen molar-refractivity contribution in [3.8, 4) is 0 Å². The maximum atomic E-state index is 9.69. The third kappa shape index (κ3) is 5.23. The minimum atomic E-state index is -0.646. The summed E-state index contributed by atoms with van der Waals surface area (Å²) in [4.78, 5) is 4.36. The highest BCUT2D eigenvalue weighted by atomic mass is 16.3. The predicted molar refractivity (Wildman–Crippen MR) is 62.3 cm³/mol. The number of hydrogen-bond acceptors (Lipinski definition) is 5. The van der Waals surface area contributed by atoms with Gasteiger partial charge in [0.05, 0.1) is 18.3 Å². The molecule has 0 radical (unpaired) electrons. The van der Waals surface area contributed by atoms with Crippen molar-refractivity contribution in [2.24, 2.45) is 0 Å². The normalized spacial score (nSPS) is 22.3. The lowest BCUT2D eigenvalue weighted by atomic mass is 10.1. The third-order valence-corrected chi connectivity index (χ3v) is 2.76. The van der Waals surface area contributed by atoms with Crippen LogP contribution in [0.3, 0.4) is 0 Å². The summed E-state index contributed by atoms with van der Waals surface area (Å²) < 4.78 is 0. The average Bonchev–Trinajstić information content (AvgIpc) is 2.18. The van der Waals surface area contributed by atoms with Gasteiger partial charge in [0, 0.05) is 39.3 Å². The molecule has 0 aromatic heterocycles. The summed E-state index contributed by atoms with van der Waals surface area (Å²) in [6, 6.07) is 0. The second-order valence-corrected chi connectivity index (χ2v) is 5.23. The molecule has 0 bridgehead atoms. The van der Waals surface area contributed by atoms with Crippen LogP contribution < -0.4 is 0 Å². The van der Waals surface area contributed by atoms with E-state index in [9.17, 15) is 10.2 Å². The molecule has 1 unspecified atom stereocenters. The van der Waals surface area contributed by atoms with E-state index in [2.05, 4.69) is 9.80 Å². The fraction of sp³-hybridized carbons (Fsp3) is 1.00. The maximum absolute atomic E-state index is 9.69. The number of piperazine rings is 1. The molecule has 0 saturated carbocycles. The van der Waals surface area contributed by atoms with Crippen LogP contribution in [0.25, 0.3) is 0 Å². The topological polar surface area (TPSA) is 67.2 Å². The molecule has 5 heteroatoms. The number of β-amino-alcohol motifs (C(OH)–C–C–N with tert-alkyl or cyclic N) is 2. The highest BCUT2D eigenvalue weighted by Gasteiger charge is 2.23. The standard InChI is InChI=1S/C11H24N2O3/c1-11(2,16)9-13-5-3-12(4-6-13)7-10(15)8-14/h10,14-16H,3-9H2,1-2H3. The van der Waals surface area contributed by atoms with Gasteiger partial charge in [-0.05, 0) is 13.8 Å². The van der Waals surface area contributed by atoms with Crippen LogP contribution in [0.2, 0.25) is 0 Å².